The van der Waals surface area contributed by atoms with Crippen LogP contribution in [-0.2, 0) is 0 Å². The van der Waals surface area contributed by atoms with Gasteiger partial charge in [0.05, 0.1) is 12.2 Å². The van der Waals surface area contributed by atoms with Crippen LogP contribution in [0.15, 0.2) is 0 Å². The highest BCUT2D eigenvalue weighted by atomic mass is 16.3. The molecule has 4 nitrogen and oxygen atoms in total. The highest BCUT2D eigenvalue weighted by Crippen LogP contribution is 2.27. The molecule has 5 atom stereocenters. The molecule has 0 heterocycles. The minimum Gasteiger partial charge on any atom is -0.390 e. The second kappa shape index (κ2) is 5.07. The lowest BCUT2D eigenvalue weighted by Crippen LogP contribution is -2.59. The number of hydrogen-bond acceptors (Lipinski definition) is 4. The van der Waals surface area contributed by atoms with Crippen molar-refractivity contribution in [2.24, 2.45) is 17.4 Å². The van der Waals surface area contributed by atoms with Gasteiger partial charge in [-0.3, -0.25) is 0 Å². The molecular weight excluding hydrogens is 180 g/mol. The monoisotopic (exact) mass is 202 g/mol. The Balaban J connectivity index is 2.57. The molecule has 0 saturated heterocycles. The molecule has 0 bridgehead atoms. The molecule has 0 radical (unpaired) electrons. The van der Waals surface area contributed by atoms with Crippen molar-refractivity contribution >= 4 is 0 Å². The van der Waals surface area contributed by atoms with Gasteiger partial charge in [-0.2, -0.15) is 0 Å². The van der Waals surface area contributed by atoms with Crippen LogP contribution in [0.5, 0.6) is 0 Å². The first-order valence-electron chi connectivity index (χ1n) is 5.45. The van der Waals surface area contributed by atoms with Gasteiger partial charge in [0, 0.05) is 18.0 Å². The van der Waals surface area contributed by atoms with Gasteiger partial charge in [-0.1, -0.05) is 19.8 Å². The summed E-state index contributed by atoms with van der Waals surface area (Å²) in [6.07, 6.45) is 1.95. The minimum atomic E-state index is -0.702. The SMILES string of the molecule is CCCCC1[C@@H](O)[C@@H](O)C[C@H](N)[C@H]1N. The zero-order valence-electron chi connectivity index (χ0n) is 8.76. The van der Waals surface area contributed by atoms with Crippen LogP contribution in [0.2, 0.25) is 0 Å². The van der Waals surface area contributed by atoms with Gasteiger partial charge < -0.3 is 21.7 Å². The van der Waals surface area contributed by atoms with Crippen LogP contribution < -0.4 is 11.5 Å². The lowest BCUT2D eigenvalue weighted by Gasteiger charge is -2.40. The van der Waals surface area contributed by atoms with Crippen molar-refractivity contribution in [2.75, 3.05) is 0 Å². The quantitative estimate of drug-likeness (QED) is 0.500. The minimum absolute atomic E-state index is 0.0475. The van der Waals surface area contributed by atoms with E-state index in [1.165, 1.54) is 0 Å². The van der Waals surface area contributed by atoms with Crippen LogP contribution in [0.1, 0.15) is 32.6 Å². The summed E-state index contributed by atoms with van der Waals surface area (Å²) in [5, 5.41) is 19.3. The molecular formula is C10H22N2O2. The van der Waals surface area contributed by atoms with E-state index in [0.29, 0.717) is 6.42 Å². The number of hydrogen-bond donors (Lipinski definition) is 4. The third-order valence-corrected chi connectivity index (χ3v) is 3.23. The molecule has 4 heteroatoms. The number of aliphatic hydroxyl groups is 2. The molecule has 1 unspecified atom stereocenters. The van der Waals surface area contributed by atoms with E-state index in [4.69, 9.17) is 11.5 Å². The first-order chi connectivity index (χ1) is 6.57. The Morgan fingerprint density at radius 2 is 1.93 bits per heavy atom. The Kier molecular flexibility index (Phi) is 4.31. The summed E-state index contributed by atoms with van der Waals surface area (Å²) in [7, 11) is 0. The van der Waals surface area contributed by atoms with Crippen molar-refractivity contribution < 1.29 is 10.2 Å². The van der Waals surface area contributed by atoms with Crippen molar-refractivity contribution in [2.45, 2.75) is 56.9 Å². The summed E-state index contributed by atoms with van der Waals surface area (Å²) in [5.74, 6) is -0.0475. The third kappa shape index (κ3) is 2.45. The maximum absolute atomic E-state index is 9.77. The van der Waals surface area contributed by atoms with Gasteiger partial charge in [0.2, 0.25) is 0 Å². The maximum Gasteiger partial charge on any atom is 0.0843 e. The molecule has 0 amide bonds. The Labute approximate surface area is 85.3 Å². The van der Waals surface area contributed by atoms with Crippen LogP contribution in [0, 0.1) is 5.92 Å². The normalized spacial score (nSPS) is 43.9. The number of unbranched alkanes of at least 4 members (excludes halogenated alkanes) is 1. The van der Waals surface area contributed by atoms with Crippen LogP contribution in [0.25, 0.3) is 0 Å². The zero-order chi connectivity index (χ0) is 10.7. The fourth-order valence-electron chi connectivity index (χ4n) is 2.21. The van der Waals surface area contributed by atoms with Crippen LogP contribution in [-0.4, -0.2) is 34.5 Å². The molecule has 0 aliphatic heterocycles. The second-order valence-electron chi connectivity index (χ2n) is 4.34. The topological polar surface area (TPSA) is 92.5 Å². The smallest absolute Gasteiger partial charge is 0.0843 e. The number of aliphatic hydroxyl groups excluding tert-OH is 2. The average molecular weight is 202 g/mol. The predicted octanol–water partition coefficient (Wildman–Crippen LogP) is -0.427. The van der Waals surface area contributed by atoms with E-state index >= 15 is 0 Å². The summed E-state index contributed by atoms with van der Waals surface area (Å²) < 4.78 is 0. The van der Waals surface area contributed by atoms with Crippen LogP contribution in [0.3, 0.4) is 0 Å². The van der Waals surface area contributed by atoms with Gasteiger partial charge in [-0.15, -0.1) is 0 Å². The largest absolute Gasteiger partial charge is 0.390 e. The number of nitrogens with two attached hydrogens (primary N) is 2. The highest BCUT2D eigenvalue weighted by molar-refractivity contribution is 4.96. The Morgan fingerprint density at radius 1 is 1.29 bits per heavy atom. The third-order valence-electron chi connectivity index (χ3n) is 3.23. The fourth-order valence-corrected chi connectivity index (χ4v) is 2.21. The van der Waals surface area contributed by atoms with Gasteiger partial charge in [0.25, 0.3) is 0 Å². The van der Waals surface area contributed by atoms with Crippen LogP contribution in [0.4, 0.5) is 0 Å². The Morgan fingerprint density at radius 3 is 2.50 bits per heavy atom. The summed E-state index contributed by atoms with van der Waals surface area (Å²) >= 11 is 0. The highest BCUT2D eigenvalue weighted by Gasteiger charge is 2.39. The molecule has 0 aromatic rings. The van der Waals surface area contributed by atoms with E-state index < -0.39 is 12.2 Å². The molecule has 6 N–H and O–H groups in total. The Hall–Kier alpha value is -0.160. The molecule has 84 valence electrons. The average Bonchev–Trinajstić information content (AvgIpc) is 2.15. The van der Waals surface area contributed by atoms with Crippen molar-refractivity contribution in [1.82, 2.24) is 0 Å². The molecule has 1 rings (SSSR count). The maximum atomic E-state index is 9.77. The van der Waals surface area contributed by atoms with Crippen molar-refractivity contribution in [3.8, 4) is 0 Å². The lowest BCUT2D eigenvalue weighted by atomic mass is 9.75. The summed E-state index contributed by atoms with van der Waals surface area (Å²) in [4.78, 5) is 0. The predicted molar refractivity (Wildman–Crippen MR) is 55.6 cm³/mol. The molecule has 1 fully saturated rings. The van der Waals surface area contributed by atoms with E-state index in [2.05, 4.69) is 6.92 Å². The van der Waals surface area contributed by atoms with Gasteiger partial charge in [-0.05, 0) is 12.8 Å². The zero-order valence-corrected chi connectivity index (χ0v) is 8.76. The molecule has 14 heavy (non-hydrogen) atoms. The first-order valence-corrected chi connectivity index (χ1v) is 5.45. The van der Waals surface area contributed by atoms with E-state index in [1.54, 1.807) is 0 Å². The molecule has 1 aliphatic rings. The lowest BCUT2D eigenvalue weighted by molar-refractivity contribution is -0.0604. The summed E-state index contributed by atoms with van der Waals surface area (Å²) in [5.41, 5.74) is 11.7. The number of rotatable bonds is 3. The molecule has 1 aliphatic carbocycles. The van der Waals surface area contributed by atoms with E-state index in [1.807, 2.05) is 0 Å². The Bertz CT molecular complexity index is 164. The van der Waals surface area contributed by atoms with E-state index in [0.717, 1.165) is 19.3 Å². The fraction of sp³-hybridized carbons (Fsp3) is 1.00. The van der Waals surface area contributed by atoms with E-state index in [9.17, 15) is 10.2 Å². The van der Waals surface area contributed by atoms with Crippen molar-refractivity contribution in [3.63, 3.8) is 0 Å². The van der Waals surface area contributed by atoms with Gasteiger partial charge in [0.1, 0.15) is 0 Å². The van der Waals surface area contributed by atoms with Gasteiger partial charge in [-0.25, -0.2) is 0 Å². The van der Waals surface area contributed by atoms with Crippen molar-refractivity contribution in [1.29, 1.82) is 0 Å². The molecule has 0 aromatic heterocycles. The second-order valence-corrected chi connectivity index (χ2v) is 4.34. The van der Waals surface area contributed by atoms with Crippen molar-refractivity contribution in [3.05, 3.63) is 0 Å². The molecule has 0 aromatic carbocycles. The van der Waals surface area contributed by atoms with Crippen LogP contribution >= 0.6 is 0 Å². The molecule has 0 spiro atoms. The summed E-state index contributed by atoms with van der Waals surface area (Å²) in [6.45, 7) is 2.09. The summed E-state index contributed by atoms with van der Waals surface area (Å²) in [6, 6.07) is -0.366. The standard InChI is InChI=1S/C10H22N2O2/c1-2-3-4-6-9(12)7(11)5-8(13)10(6)14/h6-10,13-14H,2-5,11-12H2,1H3/t6?,7-,8-,9-,10+/m0/s1. The first kappa shape index (κ1) is 11.9. The van der Waals surface area contributed by atoms with Gasteiger partial charge in [0.15, 0.2) is 0 Å². The van der Waals surface area contributed by atoms with Gasteiger partial charge >= 0.3 is 0 Å². The van der Waals surface area contributed by atoms with E-state index in [-0.39, 0.29) is 18.0 Å². The molecule has 1 saturated carbocycles.